The lowest BCUT2D eigenvalue weighted by Gasteiger charge is -2.13. The number of methoxy groups -OCH3 is 2. The van der Waals surface area contributed by atoms with Gasteiger partial charge in [0.15, 0.2) is 11.5 Å². The SMILES string of the molecule is C#CCOc1c(Br)cc(C=C2C(=O)N(c3ccc(C(=O)OC)cc3)N=C2C)cc1OC. The van der Waals surface area contributed by atoms with Crippen molar-refractivity contribution in [1.29, 1.82) is 0 Å². The Kier molecular flexibility index (Phi) is 6.78. The van der Waals surface area contributed by atoms with E-state index in [0.29, 0.717) is 38.5 Å². The van der Waals surface area contributed by atoms with Gasteiger partial charge in [-0.2, -0.15) is 10.1 Å². The average Bonchev–Trinajstić information content (AvgIpc) is 3.05. The molecule has 0 unspecified atom stereocenters. The predicted molar refractivity (Wildman–Crippen MR) is 121 cm³/mol. The van der Waals surface area contributed by atoms with Gasteiger partial charge in [0.1, 0.15) is 6.61 Å². The van der Waals surface area contributed by atoms with E-state index >= 15 is 0 Å². The molecule has 0 spiro atoms. The monoisotopic (exact) mass is 482 g/mol. The Morgan fingerprint density at radius 3 is 2.58 bits per heavy atom. The van der Waals surface area contributed by atoms with E-state index in [9.17, 15) is 9.59 Å². The molecule has 31 heavy (non-hydrogen) atoms. The van der Waals surface area contributed by atoms with Crippen molar-refractivity contribution >= 4 is 45.3 Å². The Balaban J connectivity index is 1.90. The molecular formula is C23H19BrN2O5. The van der Waals surface area contributed by atoms with E-state index in [0.717, 1.165) is 5.56 Å². The maximum absolute atomic E-state index is 13.0. The van der Waals surface area contributed by atoms with E-state index in [-0.39, 0.29) is 12.5 Å². The Labute approximate surface area is 188 Å². The summed E-state index contributed by atoms with van der Waals surface area (Å²) in [4.78, 5) is 24.6. The molecule has 0 radical (unpaired) electrons. The van der Waals surface area contributed by atoms with Gasteiger partial charge in [0.05, 0.1) is 41.2 Å². The lowest BCUT2D eigenvalue weighted by atomic mass is 10.1. The molecule has 8 heteroatoms. The molecule has 1 aliphatic heterocycles. The summed E-state index contributed by atoms with van der Waals surface area (Å²) < 4.78 is 16.3. The second-order valence-corrected chi connectivity index (χ2v) is 7.28. The van der Waals surface area contributed by atoms with Crippen molar-refractivity contribution in [3.8, 4) is 23.8 Å². The second kappa shape index (κ2) is 9.49. The zero-order valence-electron chi connectivity index (χ0n) is 17.1. The number of hydrogen-bond acceptors (Lipinski definition) is 6. The van der Waals surface area contributed by atoms with Crippen LogP contribution in [0.25, 0.3) is 6.08 Å². The third kappa shape index (κ3) is 4.62. The highest BCUT2D eigenvalue weighted by Crippen LogP contribution is 2.37. The minimum atomic E-state index is -0.450. The van der Waals surface area contributed by atoms with Crippen LogP contribution < -0.4 is 14.5 Å². The van der Waals surface area contributed by atoms with Gasteiger partial charge in [-0.3, -0.25) is 4.79 Å². The minimum Gasteiger partial charge on any atom is -0.493 e. The smallest absolute Gasteiger partial charge is 0.337 e. The summed E-state index contributed by atoms with van der Waals surface area (Å²) in [6.07, 6.45) is 6.98. The molecule has 0 fully saturated rings. The van der Waals surface area contributed by atoms with Crippen LogP contribution in [0.1, 0.15) is 22.8 Å². The molecule has 1 aliphatic rings. The fourth-order valence-electron chi connectivity index (χ4n) is 2.96. The third-order valence-electron chi connectivity index (χ3n) is 4.46. The highest BCUT2D eigenvalue weighted by Gasteiger charge is 2.29. The Hall–Kier alpha value is -3.57. The quantitative estimate of drug-likeness (QED) is 0.352. The summed E-state index contributed by atoms with van der Waals surface area (Å²) in [7, 11) is 2.83. The zero-order chi connectivity index (χ0) is 22.5. The van der Waals surface area contributed by atoms with Crippen molar-refractivity contribution in [1.82, 2.24) is 0 Å². The molecule has 3 rings (SSSR count). The van der Waals surface area contributed by atoms with Crippen molar-refractivity contribution in [3.63, 3.8) is 0 Å². The molecule has 2 aromatic rings. The number of carbonyl (C=O) groups excluding carboxylic acids is 2. The Morgan fingerprint density at radius 2 is 1.97 bits per heavy atom. The van der Waals surface area contributed by atoms with E-state index in [1.165, 1.54) is 19.2 Å². The summed E-state index contributed by atoms with van der Waals surface area (Å²) in [6.45, 7) is 1.85. The molecular weight excluding hydrogens is 464 g/mol. The molecule has 0 N–H and O–H groups in total. The summed E-state index contributed by atoms with van der Waals surface area (Å²) in [5, 5.41) is 5.65. The lowest BCUT2D eigenvalue weighted by Crippen LogP contribution is -2.21. The van der Waals surface area contributed by atoms with Gasteiger partial charge in [0.25, 0.3) is 5.91 Å². The van der Waals surface area contributed by atoms with Crippen molar-refractivity contribution in [2.24, 2.45) is 5.10 Å². The molecule has 158 valence electrons. The van der Waals surface area contributed by atoms with Crippen LogP contribution in [0.2, 0.25) is 0 Å². The van der Waals surface area contributed by atoms with Crippen LogP contribution in [0.15, 0.2) is 51.5 Å². The molecule has 1 heterocycles. The first kappa shape index (κ1) is 22.1. The van der Waals surface area contributed by atoms with E-state index in [2.05, 4.69) is 27.0 Å². The largest absolute Gasteiger partial charge is 0.493 e. The number of hydrazone groups is 1. The fraction of sp³-hybridized carbons (Fsp3) is 0.174. The molecule has 0 atom stereocenters. The number of anilines is 1. The molecule has 2 aromatic carbocycles. The Morgan fingerprint density at radius 1 is 1.26 bits per heavy atom. The predicted octanol–water partition coefficient (Wildman–Crippen LogP) is 4.06. The standard InChI is InChI=1S/C23H19BrN2O5/c1-5-10-31-21-19(24)12-15(13-20(21)29-3)11-18-14(2)25-26(22(18)27)17-8-6-16(7-9-17)23(28)30-4/h1,6-9,11-13H,10H2,2-4H3. The summed E-state index contributed by atoms with van der Waals surface area (Å²) >= 11 is 3.46. The van der Waals surface area contributed by atoms with Gasteiger partial charge >= 0.3 is 5.97 Å². The molecule has 1 amide bonds. The first-order chi connectivity index (χ1) is 14.9. The van der Waals surface area contributed by atoms with Gasteiger partial charge < -0.3 is 14.2 Å². The average molecular weight is 483 g/mol. The molecule has 7 nitrogen and oxygen atoms in total. The van der Waals surface area contributed by atoms with Gasteiger partial charge in [-0.25, -0.2) is 4.79 Å². The van der Waals surface area contributed by atoms with Crippen LogP contribution in [-0.2, 0) is 9.53 Å². The van der Waals surface area contributed by atoms with Gasteiger partial charge in [-0.05, 0) is 70.9 Å². The van der Waals surface area contributed by atoms with Crippen LogP contribution in [0, 0.1) is 12.3 Å². The molecule has 0 saturated heterocycles. The number of benzene rings is 2. The summed E-state index contributed by atoms with van der Waals surface area (Å²) in [5.74, 6) is 2.64. The zero-order valence-corrected chi connectivity index (χ0v) is 18.7. The fourth-order valence-corrected chi connectivity index (χ4v) is 3.53. The molecule has 0 aromatic heterocycles. The van der Waals surface area contributed by atoms with Gasteiger partial charge in [0, 0.05) is 0 Å². The third-order valence-corrected chi connectivity index (χ3v) is 5.05. The highest BCUT2D eigenvalue weighted by molar-refractivity contribution is 9.10. The van der Waals surface area contributed by atoms with Crippen molar-refractivity contribution < 1.29 is 23.8 Å². The van der Waals surface area contributed by atoms with Crippen LogP contribution in [0.3, 0.4) is 0 Å². The van der Waals surface area contributed by atoms with Crippen LogP contribution >= 0.6 is 15.9 Å². The van der Waals surface area contributed by atoms with Crippen molar-refractivity contribution in [2.75, 3.05) is 25.8 Å². The van der Waals surface area contributed by atoms with Gasteiger partial charge in [0.2, 0.25) is 0 Å². The summed E-state index contributed by atoms with van der Waals surface area (Å²) in [5.41, 5.74) is 2.64. The van der Waals surface area contributed by atoms with E-state index in [1.54, 1.807) is 49.4 Å². The minimum absolute atomic E-state index is 0.101. The topological polar surface area (TPSA) is 77.4 Å². The molecule has 0 saturated carbocycles. The maximum Gasteiger partial charge on any atom is 0.337 e. The first-order valence-electron chi connectivity index (χ1n) is 9.13. The van der Waals surface area contributed by atoms with Gasteiger partial charge in [-0.15, -0.1) is 6.42 Å². The first-order valence-corrected chi connectivity index (χ1v) is 9.92. The number of esters is 1. The van der Waals surface area contributed by atoms with Crippen molar-refractivity contribution in [2.45, 2.75) is 6.92 Å². The van der Waals surface area contributed by atoms with E-state index in [4.69, 9.17) is 20.6 Å². The van der Waals surface area contributed by atoms with Crippen molar-refractivity contribution in [3.05, 3.63) is 57.6 Å². The highest BCUT2D eigenvalue weighted by atomic mass is 79.9. The molecule has 0 bridgehead atoms. The number of halogens is 1. The maximum atomic E-state index is 13.0. The van der Waals surface area contributed by atoms with E-state index < -0.39 is 5.97 Å². The van der Waals surface area contributed by atoms with Crippen LogP contribution in [-0.4, -0.2) is 38.4 Å². The number of nitrogens with zero attached hydrogens (tertiary/aromatic N) is 2. The number of amides is 1. The summed E-state index contributed by atoms with van der Waals surface area (Å²) in [6, 6.07) is 9.99. The normalized spacial score (nSPS) is 14.3. The lowest BCUT2D eigenvalue weighted by molar-refractivity contribution is -0.114. The number of terminal acetylenes is 1. The van der Waals surface area contributed by atoms with Crippen LogP contribution in [0.5, 0.6) is 11.5 Å². The number of ether oxygens (including phenoxy) is 3. The second-order valence-electron chi connectivity index (χ2n) is 6.43. The van der Waals surface area contributed by atoms with Gasteiger partial charge in [-0.1, -0.05) is 5.92 Å². The van der Waals surface area contributed by atoms with E-state index in [1.807, 2.05) is 0 Å². The number of carbonyl (C=O) groups is 2. The Bertz CT molecular complexity index is 1130. The number of hydrogen-bond donors (Lipinski definition) is 0. The molecule has 0 aliphatic carbocycles. The number of rotatable bonds is 6. The van der Waals surface area contributed by atoms with Crippen LogP contribution in [0.4, 0.5) is 5.69 Å².